The number of nitrogens with one attached hydrogen (secondary N) is 3. The van der Waals surface area contributed by atoms with Crippen LogP contribution in [0.5, 0.6) is 5.75 Å². The number of carbonyl (C=O) groups is 5. The molecule has 16 nitrogen and oxygen atoms in total. The molecule has 3 aromatic heterocycles. The zero-order valence-electron chi connectivity index (χ0n) is 38.1. The molecule has 17 heteroatoms. The number of carboxylic acids is 1. The first kappa shape index (κ1) is 45.3. The van der Waals surface area contributed by atoms with Gasteiger partial charge in [-0.15, -0.1) is 0 Å². The van der Waals surface area contributed by atoms with E-state index in [0.29, 0.717) is 89.8 Å². The monoisotopic (exact) mass is 945 g/mol. The molecule has 3 aliphatic rings. The third-order valence-electron chi connectivity index (χ3n) is 13.4. The Labute approximate surface area is 401 Å². The number of benzene rings is 4. The van der Waals surface area contributed by atoms with Crippen LogP contribution in [0.15, 0.2) is 97.1 Å². The molecule has 0 bridgehead atoms. The highest BCUT2D eigenvalue weighted by atomic mass is 32.1. The third kappa shape index (κ3) is 9.92. The lowest BCUT2D eigenvalue weighted by molar-refractivity contribution is -0.134. The van der Waals surface area contributed by atoms with Crippen molar-refractivity contribution in [3.05, 3.63) is 125 Å². The molecule has 1 atom stereocenters. The number of thiazole rings is 1. The van der Waals surface area contributed by atoms with Gasteiger partial charge in [0.2, 0.25) is 17.7 Å². The number of amides is 4. The summed E-state index contributed by atoms with van der Waals surface area (Å²) in [5.74, 6) is -0.866. The lowest BCUT2D eigenvalue weighted by Crippen LogP contribution is -2.39. The Morgan fingerprint density at radius 2 is 1.72 bits per heavy atom. The molecule has 0 radical (unpaired) electrons. The van der Waals surface area contributed by atoms with Crippen molar-refractivity contribution in [3.8, 4) is 16.9 Å². The number of hydrogen-bond acceptors (Lipinski definition) is 12. The second kappa shape index (κ2) is 19.6. The lowest BCUT2D eigenvalue weighted by atomic mass is 9.92. The summed E-state index contributed by atoms with van der Waals surface area (Å²) in [5.41, 5.74) is 6.53. The van der Waals surface area contributed by atoms with Crippen LogP contribution in [0, 0.1) is 5.92 Å². The number of pyridine rings is 1. The molecule has 2 fully saturated rings. The second-order valence-corrected chi connectivity index (χ2v) is 19.0. The summed E-state index contributed by atoms with van der Waals surface area (Å²) < 4.78 is 8.88. The van der Waals surface area contributed by atoms with E-state index in [1.54, 1.807) is 17.8 Å². The fourth-order valence-corrected chi connectivity index (χ4v) is 10.7. The molecule has 4 N–H and O–H groups in total. The highest BCUT2D eigenvalue weighted by Gasteiger charge is 2.32. The zero-order valence-corrected chi connectivity index (χ0v) is 38.9. The Morgan fingerprint density at radius 3 is 2.55 bits per heavy atom. The molecule has 7 aromatic rings. The standard InChI is InChI=1S/C52H51N9O7S/c1-59-42-28-34(14-15-38(42)47(58-59)39-17-19-45(62)56-50(39)65)53-46(63)30-60-23-20-31(21-24-60)7-6-26-68-35-10-4-9-33(27-35)36-16-18-44(55-48(36)51(66)67)61-25-22-32-8-5-11-37(40(32)29-61)49(64)57-52-54-41-12-2-3-13-43(41)69-52/h2-5,8-16,18,27-28,31,39H,6-7,17,19-26,29-30H2,1H3,(H,53,63)(H,66,67)(H,54,57,64)(H,56,62,65). The van der Waals surface area contributed by atoms with Crippen molar-refractivity contribution >= 4 is 78.7 Å². The fourth-order valence-electron chi connectivity index (χ4n) is 9.83. The molecular formula is C52H51N9O7S. The number of aromatic nitrogens is 4. The first-order valence-corrected chi connectivity index (χ1v) is 24.2. The Hall–Kier alpha value is -7.50. The van der Waals surface area contributed by atoms with Crippen molar-refractivity contribution < 1.29 is 33.8 Å². The van der Waals surface area contributed by atoms with Gasteiger partial charge in [0.15, 0.2) is 10.8 Å². The zero-order chi connectivity index (χ0) is 47.6. The van der Waals surface area contributed by atoms with E-state index in [1.807, 2.05) is 95.9 Å². The molecule has 352 valence electrons. The molecule has 6 heterocycles. The summed E-state index contributed by atoms with van der Waals surface area (Å²) in [4.78, 5) is 77.0. The number of piperidine rings is 2. The van der Waals surface area contributed by atoms with Crippen LogP contribution >= 0.6 is 11.3 Å². The number of aryl methyl sites for hydroxylation is 1. The summed E-state index contributed by atoms with van der Waals surface area (Å²) in [6.45, 7) is 3.47. The quantitative estimate of drug-likeness (QED) is 0.0610. The average Bonchev–Trinajstić information content (AvgIpc) is 3.92. The molecular weight excluding hydrogens is 895 g/mol. The van der Waals surface area contributed by atoms with Crippen molar-refractivity contribution in [2.45, 2.75) is 57.4 Å². The molecule has 2 saturated heterocycles. The van der Waals surface area contributed by atoms with Gasteiger partial charge in [0.05, 0.1) is 40.5 Å². The average molecular weight is 946 g/mol. The van der Waals surface area contributed by atoms with Gasteiger partial charge in [0.1, 0.15) is 11.6 Å². The number of likely N-dealkylation sites (tertiary alicyclic amines) is 1. The summed E-state index contributed by atoms with van der Waals surface area (Å²) in [6, 6.07) is 30.1. The fraction of sp³-hybridized carbons (Fsp3) is 0.308. The maximum atomic E-state index is 13.6. The van der Waals surface area contributed by atoms with Crippen LogP contribution in [0.3, 0.4) is 0 Å². The highest BCUT2D eigenvalue weighted by molar-refractivity contribution is 7.22. The van der Waals surface area contributed by atoms with Gasteiger partial charge >= 0.3 is 5.97 Å². The number of imide groups is 1. The largest absolute Gasteiger partial charge is 0.494 e. The summed E-state index contributed by atoms with van der Waals surface area (Å²) in [7, 11) is 1.80. The summed E-state index contributed by atoms with van der Waals surface area (Å²) >= 11 is 1.42. The van der Waals surface area contributed by atoms with E-state index < -0.39 is 11.9 Å². The SMILES string of the molecule is Cn1nc(C2CCC(=O)NC2=O)c2ccc(NC(=O)CN3CCC(CCCOc4cccc(-c5ccc(N6CCc7cccc(C(=O)Nc8nc9ccccc9s8)c7C6)nc5C(=O)O)c4)CC3)cc21. The molecule has 69 heavy (non-hydrogen) atoms. The number of aromatic carboxylic acids is 1. The predicted octanol–water partition coefficient (Wildman–Crippen LogP) is 7.79. The number of carboxylic acid groups (broad SMARTS) is 1. The second-order valence-electron chi connectivity index (χ2n) is 18.0. The van der Waals surface area contributed by atoms with Crippen molar-refractivity contribution in [1.29, 1.82) is 0 Å². The molecule has 10 rings (SSSR count). The smallest absolute Gasteiger partial charge is 0.355 e. The minimum absolute atomic E-state index is 0.0607. The lowest BCUT2D eigenvalue weighted by Gasteiger charge is -2.31. The van der Waals surface area contributed by atoms with E-state index in [4.69, 9.17) is 4.74 Å². The maximum Gasteiger partial charge on any atom is 0.355 e. The van der Waals surface area contributed by atoms with Crippen molar-refractivity contribution in [1.82, 2.24) is 30.0 Å². The Morgan fingerprint density at radius 1 is 0.884 bits per heavy atom. The molecule has 0 spiro atoms. The van der Waals surface area contributed by atoms with Crippen LogP contribution in [0.4, 0.5) is 16.6 Å². The van der Waals surface area contributed by atoms with Gasteiger partial charge in [-0.1, -0.05) is 47.7 Å². The Kier molecular flexibility index (Phi) is 12.9. The molecule has 0 saturated carbocycles. The molecule has 0 aliphatic carbocycles. The third-order valence-corrected chi connectivity index (χ3v) is 14.4. The predicted molar refractivity (Wildman–Crippen MR) is 264 cm³/mol. The highest BCUT2D eigenvalue weighted by Crippen LogP contribution is 2.34. The first-order chi connectivity index (χ1) is 33.5. The minimum Gasteiger partial charge on any atom is -0.494 e. The number of ether oxygens (including phenoxy) is 1. The van der Waals surface area contributed by atoms with Gasteiger partial charge in [-0.05, 0) is 135 Å². The number of carbonyl (C=O) groups excluding carboxylic acids is 4. The van der Waals surface area contributed by atoms with Gasteiger partial charge in [0, 0.05) is 48.8 Å². The van der Waals surface area contributed by atoms with E-state index in [9.17, 15) is 29.1 Å². The summed E-state index contributed by atoms with van der Waals surface area (Å²) in [6.07, 6.45) is 5.19. The van der Waals surface area contributed by atoms with E-state index in [2.05, 4.69) is 35.9 Å². The first-order valence-electron chi connectivity index (χ1n) is 23.4. The topological polar surface area (TPSA) is 201 Å². The van der Waals surface area contributed by atoms with Gasteiger partial charge in [-0.2, -0.15) is 5.10 Å². The van der Waals surface area contributed by atoms with Crippen LogP contribution in [0.2, 0.25) is 0 Å². The minimum atomic E-state index is -1.13. The number of anilines is 3. The number of para-hydroxylation sites is 1. The van der Waals surface area contributed by atoms with Crippen LogP contribution < -0.4 is 25.6 Å². The molecule has 3 aliphatic heterocycles. The Balaban J connectivity index is 0.697. The summed E-state index contributed by atoms with van der Waals surface area (Å²) in [5, 5.41) is 24.7. The molecule has 4 aromatic carbocycles. The van der Waals surface area contributed by atoms with Gasteiger partial charge in [-0.3, -0.25) is 39.4 Å². The number of rotatable bonds is 14. The van der Waals surface area contributed by atoms with Crippen LogP contribution in [-0.2, 0) is 34.4 Å². The van der Waals surface area contributed by atoms with Crippen LogP contribution in [0.1, 0.15) is 82.1 Å². The van der Waals surface area contributed by atoms with Crippen molar-refractivity contribution in [3.63, 3.8) is 0 Å². The van der Waals surface area contributed by atoms with Gasteiger partial charge in [0.25, 0.3) is 5.91 Å². The van der Waals surface area contributed by atoms with Gasteiger partial charge in [-0.25, -0.2) is 14.8 Å². The van der Waals surface area contributed by atoms with Crippen molar-refractivity contribution in [2.75, 3.05) is 48.3 Å². The number of nitrogens with zero attached hydrogens (tertiary/aromatic N) is 6. The van der Waals surface area contributed by atoms with Crippen LogP contribution in [0.25, 0.3) is 32.2 Å². The maximum absolute atomic E-state index is 13.6. The van der Waals surface area contributed by atoms with Crippen molar-refractivity contribution in [2.24, 2.45) is 13.0 Å². The van der Waals surface area contributed by atoms with E-state index in [-0.39, 0.29) is 35.7 Å². The normalized spacial score (nSPS) is 16.6. The van der Waals surface area contributed by atoms with E-state index in [0.717, 1.165) is 71.0 Å². The van der Waals surface area contributed by atoms with E-state index in [1.165, 1.54) is 11.3 Å². The number of hydrogen-bond donors (Lipinski definition) is 4. The number of fused-ring (bicyclic) bond motifs is 3. The Bertz CT molecular complexity index is 3110. The van der Waals surface area contributed by atoms with E-state index >= 15 is 0 Å². The molecule has 4 amide bonds. The van der Waals surface area contributed by atoms with Crippen LogP contribution in [-0.4, -0.2) is 92.1 Å². The van der Waals surface area contributed by atoms with Gasteiger partial charge < -0.3 is 20.1 Å². The molecule has 1 unspecified atom stereocenters.